The highest BCUT2D eigenvalue weighted by atomic mass is 35.5. The first-order valence-corrected chi connectivity index (χ1v) is 16.6. The van der Waals surface area contributed by atoms with E-state index >= 15 is 0 Å². The molecular weight excluding hydrogens is 622 g/mol. The average Bonchev–Trinajstić information content (AvgIpc) is 3.46. The second kappa shape index (κ2) is 13.6. The molecule has 1 spiro atoms. The third-order valence-corrected chi connectivity index (χ3v) is 10.2. The van der Waals surface area contributed by atoms with Gasteiger partial charge in [-0.15, -0.1) is 0 Å². The maximum absolute atomic E-state index is 14.8. The minimum atomic E-state index is -1.52. The molecule has 0 saturated carbocycles. The molecule has 4 heterocycles. The van der Waals surface area contributed by atoms with Crippen LogP contribution in [0.5, 0.6) is 0 Å². The van der Waals surface area contributed by atoms with E-state index in [2.05, 4.69) is 5.32 Å². The van der Waals surface area contributed by atoms with Crippen molar-refractivity contribution in [1.82, 2.24) is 10.2 Å². The fourth-order valence-electron chi connectivity index (χ4n) is 7.37. The second-order valence-electron chi connectivity index (χ2n) is 12.7. The minimum absolute atomic E-state index is 0.0596. The van der Waals surface area contributed by atoms with E-state index in [-0.39, 0.29) is 43.8 Å². The monoisotopic (exact) mass is 661 g/mol. The van der Waals surface area contributed by atoms with Crippen molar-refractivity contribution < 1.29 is 33.8 Å². The Kier molecular flexibility index (Phi) is 9.55. The molecule has 4 aliphatic rings. The number of nitrogens with zero attached hydrogens (tertiary/aromatic N) is 2. The van der Waals surface area contributed by atoms with Gasteiger partial charge in [0.25, 0.3) is 5.91 Å². The number of halogens is 1. The van der Waals surface area contributed by atoms with Gasteiger partial charge in [-0.25, -0.2) is 0 Å². The Bertz CT molecular complexity index is 1560. The number of esters is 1. The van der Waals surface area contributed by atoms with Crippen LogP contribution in [-0.4, -0.2) is 77.2 Å². The molecule has 0 bridgehead atoms. The molecule has 6 rings (SSSR count). The van der Waals surface area contributed by atoms with Crippen LogP contribution in [0.3, 0.4) is 0 Å². The molecule has 2 aromatic carbocycles. The van der Waals surface area contributed by atoms with Crippen molar-refractivity contribution in [3.8, 4) is 0 Å². The van der Waals surface area contributed by atoms with Gasteiger partial charge in [-0.05, 0) is 42.2 Å². The van der Waals surface area contributed by atoms with Gasteiger partial charge in [0.05, 0.1) is 31.2 Å². The van der Waals surface area contributed by atoms with E-state index in [4.69, 9.17) is 21.1 Å². The van der Waals surface area contributed by atoms with Crippen molar-refractivity contribution in [3.05, 3.63) is 89.5 Å². The van der Waals surface area contributed by atoms with Gasteiger partial charge in [-0.2, -0.15) is 0 Å². The Labute approximate surface area is 279 Å². The summed E-state index contributed by atoms with van der Waals surface area (Å²) in [5, 5.41) is 14.0. The second-order valence-corrected chi connectivity index (χ2v) is 13.1. The number of carbonyl (C=O) groups excluding carboxylic acids is 4. The molecule has 11 heteroatoms. The normalized spacial score (nSPS) is 31.4. The number of nitrogens with one attached hydrogen (secondary N) is 1. The maximum atomic E-state index is 14.8. The van der Waals surface area contributed by atoms with Gasteiger partial charge in [0.2, 0.25) is 11.8 Å². The molecule has 0 aromatic heterocycles. The van der Waals surface area contributed by atoms with Crippen LogP contribution in [-0.2, 0) is 28.7 Å². The van der Waals surface area contributed by atoms with Gasteiger partial charge in [0, 0.05) is 23.7 Å². The average molecular weight is 662 g/mol. The standard InChI is InChI=1S/C36H40ClN3O7/c1-3-22(2)26(21-41)40-32-34(44)39(25-16-14-24(37)15-17-25)19-9-18-36(32)31(33(40)43)30-27(47-36)12-7-8-13-29(42)38-20-28(46-35(30)45)23-10-5-4-6-11-23/h4-7,9-12,14-18,22,26-28,30-32,41H,3,8,13,19-21H2,1-2H3,(H,38,42)/b12-7-/t22-,26-,27-,28+,30+,31+,32-,36+/m0/s1. The zero-order chi connectivity index (χ0) is 33.3. The summed E-state index contributed by atoms with van der Waals surface area (Å²) in [5.41, 5.74) is -0.241. The molecule has 0 unspecified atom stereocenters. The molecule has 10 nitrogen and oxygen atoms in total. The molecular formula is C36H40ClN3O7. The zero-order valence-corrected chi connectivity index (χ0v) is 27.2. The van der Waals surface area contributed by atoms with Gasteiger partial charge in [0.15, 0.2) is 0 Å². The summed E-state index contributed by atoms with van der Waals surface area (Å²) in [7, 11) is 0. The van der Waals surface area contributed by atoms with Gasteiger partial charge < -0.3 is 29.7 Å². The lowest BCUT2D eigenvalue weighted by molar-refractivity contribution is -0.160. The van der Waals surface area contributed by atoms with Crippen LogP contribution in [0.15, 0.2) is 78.9 Å². The van der Waals surface area contributed by atoms with Crippen molar-refractivity contribution in [2.45, 2.75) is 63.0 Å². The van der Waals surface area contributed by atoms with Crippen LogP contribution in [0.25, 0.3) is 0 Å². The summed E-state index contributed by atoms with van der Waals surface area (Å²) in [6.07, 6.45) is 6.57. The fraction of sp³-hybridized carbons (Fsp3) is 0.444. The third-order valence-electron chi connectivity index (χ3n) is 9.97. The predicted molar refractivity (Wildman–Crippen MR) is 175 cm³/mol. The molecule has 2 N–H and O–H groups in total. The minimum Gasteiger partial charge on any atom is -0.455 e. The molecule has 8 atom stereocenters. The van der Waals surface area contributed by atoms with Crippen LogP contribution in [0.1, 0.15) is 44.8 Å². The van der Waals surface area contributed by atoms with Crippen molar-refractivity contribution >= 4 is 41.0 Å². The van der Waals surface area contributed by atoms with E-state index in [1.807, 2.05) is 44.2 Å². The first kappa shape index (κ1) is 32.9. The number of fused-ring (bicyclic) bond motifs is 2. The molecule has 3 amide bonds. The number of amides is 3. The number of hydrogen-bond acceptors (Lipinski definition) is 7. The van der Waals surface area contributed by atoms with Crippen molar-refractivity contribution in [3.63, 3.8) is 0 Å². The SMILES string of the molecule is CC[C@H](C)[C@H](CO)N1C(=O)[C@H]2[C@@H]3C(=O)O[C@@H](c4ccccc4)CNC(=O)CC/C=C\[C@@H]3O[C@]23C=CCN(c2ccc(Cl)cc2)C(=O)[C@H]13. The molecule has 0 radical (unpaired) electrons. The molecule has 248 valence electrons. The number of allylic oxidation sites excluding steroid dienone is 1. The Morgan fingerprint density at radius 1 is 1.04 bits per heavy atom. The number of carbonyl (C=O) groups is 4. The van der Waals surface area contributed by atoms with Gasteiger partial charge in [0.1, 0.15) is 23.7 Å². The lowest BCUT2D eigenvalue weighted by Gasteiger charge is -2.40. The van der Waals surface area contributed by atoms with Gasteiger partial charge in [-0.1, -0.05) is 86.5 Å². The van der Waals surface area contributed by atoms with Crippen molar-refractivity contribution in [2.75, 3.05) is 24.6 Å². The first-order chi connectivity index (χ1) is 22.7. The number of rotatable bonds is 6. The Hall–Kier alpha value is -3.99. The summed E-state index contributed by atoms with van der Waals surface area (Å²) < 4.78 is 12.9. The molecule has 2 aromatic rings. The number of hydrogen-bond donors (Lipinski definition) is 2. The van der Waals surface area contributed by atoms with Crippen LogP contribution in [0.2, 0.25) is 5.02 Å². The highest BCUT2D eigenvalue weighted by molar-refractivity contribution is 6.30. The quantitative estimate of drug-likeness (QED) is 0.354. The Balaban J connectivity index is 1.47. The number of aliphatic hydroxyl groups is 1. The molecule has 2 fully saturated rings. The number of benzene rings is 2. The number of ether oxygens (including phenoxy) is 2. The van der Waals surface area contributed by atoms with E-state index in [1.165, 1.54) is 4.90 Å². The predicted octanol–water partition coefficient (Wildman–Crippen LogP) is 3.98. The first-order valence-electron chi connectivity index (χ1n) is 16.2. The zero-order valence-electron chi connectivity index (χ0n) is 26.5. The summed E-state index contributed by atoms with van der Waals surface area (Å²) in [6, 6.07) is 14.1. The van der Waals surface area contributed by atoms with E-state index in [9.17, 15) is 24.3 Å². The van der Waals surface area contributed by atoms with Crippen LogP contribution >= 0.6 is 11.6 Å². The smallest absolute Gasteiger partial charge is 0.313 e. The number of anilines is 1. The fourth-order valence-corrected chi connectivity index (χ4v) is 7.50. The van der Waals surface area contributed by atoms with Gasteiger partial charge >= 0.3 is 5.97 Å². The van der Waals surface area contributed by atoms with Crippen LogP contribution in [0.4, 0.5) is 5.69 Å². The van der Waals surface area contributed by atoms with Crippen molar-refractivity contribution in [2.24, 2.45) is 17.8 Å². The summed E-state index contributed by atoms with van der Waals surface area (Å²) >= 11 is 6.15. The molecule has 4 aliphatic heterocycles. The van der Waals surface area contributed by atoms with E-state index in [0.717, 1.165) is 0 Å². The van der Waals surface area contributed by atoms with Crippen LogP contribution < -0.4 is 10.2 Å². The Morgan fingerprint density at radius 2 is 1.79 bits per heavy atom. The van der Waals surface area contributed by atoms with Crippen molar-refractivity contribution in [1.29, 1.82) is 0 Å². The topological polar surface area (TPSA) is 125 Å². The lowest BCUT2D eigenvalue weighted by atomic mass is 9.77. The van der Waals surface area contributed by atoms with E-state index < -0.39 is 53.6 Å². The highest BCUT2D eigenvalue weighted by Gasteiger charge is 2.72. The Morgan fingerprint density at radius 3 is 2.49 bits per heavy atom. The summed E-state index contributed by atoms with van der Waals surface area (Å²) in [4.78, 5) is 59.5. The van der Waals surface area contributed by atoms with Gasteiger partial charge in [-0.3, -0.25) is 19.2 Å². The third kappa shape index (κ3) is 5.98. The highest BCUT2D eigenvalue weighted by Crippen LogP contribution is 2.54. The summed E-state index contributed by atoms with van der Waals surface area (Å²) in [6.45, 7) is 3.78. The molecule has 47 heavy (non-hydrogen) atoms. The van der Waals surface area contributed by atoms with E-state index in [0.29, 0.717) is 29.1 Å². The largest absolute Gasteiger partial charge is 0.455 e. The number of likely N-dealkylation sites (tertiary alicyclic amines) is 1. The van der Waals surface area contributed by atoms with E-state index in [1.54, 1.807) is 53.5 Å². The van der Waals surface area contributed by atoms with Crippen LogP contribution in [0, 0.1) is 17.8 Å². The maximum Gasteiger partial charge on any atom is 0.313 e. The number of aliphatic hydroxyl groups excluding tert-OH is 1. The molecule has 2 saturated heterocycles. The molecule has 0 aliphatic carbocycles. The summed E-state index contributed by atoms with van der Waals surface area (Å²) in [5.74, 6) is -4.04. The lowest BCUT2D eigenvalue weighted by Crippen LogP contribution is -2.59. The number of cyclic esters (lactones) is 1.